The second-order valence-corrected chi connectivity index (χ2v) is 2.70. The van der Waals surface area contributed by atoms with E-state index in [9.17, 15) is 0 Å². The fourth-order valence-corrected chi connectivity index (χ4v) is 1.14. The normalized spacial score (nSPS) is 10.2. The zero-order valence-electron chi connectivity index (χ0n) is 7.18. The lowest BCUT2D eigenvalue weighted by Gasteiger charge is -1.94. The van der Waals surface area contributed by atoms with Crippen LogP contribution in [0.1, 0.15) is 0 Å². The van der Waals surface area contributed by atoms with E-state index in [0.29, 0.717) is 11.2 Å². The summed E-state index contributed by atoms with van der Waals surface area (Å²) in [6.07, 6.45) is 4.89. The molecule has 0 aromatic carbocycles. The molecule has 4 nitrogen and oxygen atoms in total. The van der Waals surface area contributed by atoms with Crippen molar-refractivity contribution in [3.8, 4) is 11.4 Å². The Balaban J connectivity index is 2.53. The molecule has 0 unspecified atom stereocenters. The van der Waals surface area contributed by atoms with Crippen LogP contribution in [-0.2, 0) is 7.05 Å². The summed E-state index contributed by atoms with van der Waals surface area (Å²) in [6.45, 7) is 0. The van der Waals surface area contributed by atoms with E-state index in [-0.39, 0.29) is 0 Å². The van der Waals surface area contributed by atoms with Crippen molar-refractivity contribution in [2.45, 2.75) is 0 Å². The Labute approximate surface area is 77.1 Å². The minimum Gasteiger partial charge on any atom is -0.276 e. The van der Waals surface area contributed by atoms with E-state index in [1.165, 1.54) is 6.33 Å². The number of aromatic nitrogens is 4. The van der Waals surface area contributed by atoms with Gasteiger partial charge in [-0.3, -0.25) is 4.68 Å². The summed E-state index contributed by atoms with van der Waals surface area (Å²) in [6, 6.07) is 1.78. The number of hydrogen-bond donors (Lipinski definition) is 0. The molecule has 2 aromatic rings. The van der Waals surface area contributed by atoms with Gasteiger partial charge in [0.1, 0.15) is 19.9 Å². The van der Waals surface area contributed by atoms with E-state index in [1.54, 1.807) is 23.1 Å². The van der Waals surface area contributed by atoms with Crippen LogP contribution in [0.15, 0.2) is 24.8 Å². The number of hydrogen-bond acceptors (Lipinski definition) is 3. The molecule has 13 heavy (non-hydrogen) atoms. The van der Waals surface area contributed by atoms with Crippen molar-refractivity contribution < 1.29 is 0 Å². The molecule has 0 aliphatic heterocycles. The van der Waals surface area contributed by atoms with Gasteiger partial charge in [0.2, 0.25) is 0 Å². The molecule has 0 saturated heterocycles. The maximum Gasteiger partial charge on any atom is 0.119 e. The van der Waals surface area contributed by atoms with Gasteiger partial charge in [0, 0.05) is 19.4 Å². The molecule has 0 spiro atoms. The SMILES string of the molecule is [B]c1cn(C)nc1-c1ccncn1. The molecule has 0 fully saturated rings. The second kappa shape index (κ2) is 3.01. The van der Waals surface area contributed by atoms with Crippen molar-refractivity contribution in [2.75, 3.05) is 0 Å². The lowest BCUT2D eigenvalue weighted by Crippen LogP contribution is -2.03. The molecule has 0 bridgehead atoms. The van der Waals surface area contributed by atoms with Gasteiger partial charge in [0.15, 0.2) is 0 Å². The Morgan fingerprint density at radius 2 is 2.31 bits per heavy atom. The molecule has 2 heterocycles. The van der Waals surface area contributed by atoms with E-state index >= 15 is 0 Å². The highest BCUT2D eigenvalue weighted by molar-refractivity contribution is 6.35. The average molecular weight is 170 g/mol. The first-order valence-electron chi connectivity index (χ1n) is 3.83. The minimum absolute atomic E-state index is 0.626. The van der Waals surface area contributed by atoms with Gasteiger partial charge < -0.3 is 0 Å². The second-order valence-electron chi connectivity index (χ2n) is 2.70. The summed E-state index contributed by atoms with van der Waals surface area (Å²) in [5, 5.41) is 4.18. The fourth-order valence-electron chi connectivity index (χ4n) is 1.14. The first kappa shape index (κ1) is 7.98. The van der Waals surface area contributed by atoms with Crippen LogP contribution in [0.4, 0.5) is 0 Å². The zero-order valence-corrected chi connectivity index (χ0v) is 7.18. The van der Waals surface area contributed by atoms with Crippen molar-refractivity contribution in [3.63, 3.8) is 0 Å². The molecular formula is C8H7BN4. The molecule has 0 amide bonds. The maximum atomic E-state index is 5.73. The predicted octanol–water partition coefficient (Wildman–Crippen LogP) is -0.329. The Kier molecular flexibility index (Phi) is 1.85. The van der Waals surface area contributed by atoms with Crippen molar-refractivity contribution in [2.24, 2.45) is 7.05 Å². The smallest absolute Gasteiger partial charge is 0.119 e. The first-order chi connectivity index (χ1) is 6.27. The third-order valence-corrected chi connectivity index (χ3v) is 1.68. The Morgan fingerprint density at radius 1 is 1.46 bits per heavy atom. The molecule has 5 heteroatoms. The maximum absolute atomic E-state index is 5.73. The molecule has 62 valence electrons. The molecule has 0 aliphatic rings. The largest absolute Gasteiger partial charge is 0.276 e. The van der Waals surface area contributed by atoms with Crippen LogP contribution in [0.25, 0.3) is 11.4 Å². The van der Waals surface area contributed by atoms with Crippen LogP contribution in [0.2, 0.25) is 0 Å². The summed E-state index contributed by atoms with van der Waals surface area (Å²) in [7, 11) is 7.55. The summed E-state index contributed by atoms with van der Waals surface area (Å²) >= 11 is 0. The van der Waals surface area contributed by atoms with Gasteiger partial charge in [0.25, 0.3) is 0 Å². The standard InChI is InChI=1S/C8H7BN4/c1-13-4-6(9)8(12-13)7-2-3-10-5-11-7/h2-5H,1H3. The summed E-state index contributed by atoms with van der Waals surface area (Å²) in [5.41, 5.74) is 2.07. The van der Waals surface area contributed by atoms with Crippen molar-refractivity contribution in [1.29, 1.82) is 0 Å². The topological polar surface area (TPSA) is 43.6 Å². The third kappa shape index (κ3) is 1.45. The molecule has 0 atom stereocenters. The van der Waals surface area contributed by atoms with Gasteiger partial charge >= 0.3 is 0 Å². The van der Waals surface area contributed by atoms with Crippen LogP contribution in [0.5, 0.6) is 0 Å². The van der Waals surface area contributed by atoms with E-state index in [4.69, 9.17) is 7.85 Å². The minimum atomic E-state index is 0.626. The quantitative estimate of drug-likeness (QED) is 0.550. The van der Waals surface area contributed by atoms with E-state index < -0.39 is 0 Å². The Bertz CT molecular complexity index is 409. The summed E-state index contributed by atoms with van der Waals surface area (Å²) in [4.78, 5) is 7.88. The van der Waals surface area contributed by atoms with Gasteiger partial charge in [-0.2, -0.15) is 5.10 Å². The van der Waals surface area contributed by atoms with Crippen LogP contribution in [-0.4, -0.2) is 27.6 Å². The highest BCUT2D eigenvalue weighted by Crippen LogP contribution is 2.08. The van der Waals surface area contributed by atoms with E-state index in [2.05, 4.69) is 15.1 Å². The van der Waals surface area contributed by atoms with Crippen molar-refractivity contribution in [3.05, 3.63) is 24.8 Å². The van der Waals surface area contributed by atoms with Crippen molar-refractivity contribution >= 4 is 13.3 Å². The van der Waals surface area contributed by atoms with Crippen LogP contribution in [0, 0.1) is 0 Å². The molecule has 2 aromatic heterocycles. The van der Waals surface area contributed by atoms with Crippen LogP contribution < -0.4 is 5.46 Å². The van der Waals surface area contributed by atoms with Crippen LogP contribution >= 0.6 is 0 Å². The van der Waals surface area contributed by atoms with E-state index in [0.717, 1.165) is 5.69 Å². The number of aryl methyl sites for hydroxylation is 1. The molecule has 2 radical (unpaired) electrons. The predicted molar refractivity (Wildman–Crippen MR) is 49.6 cm³/mol. The van der Waals surface area contributed by atoms with Crippen LogP contribution in [0.3, 0.4) is 0 Å². The Morgan fingerprint density at radius 3 is 2.85 bits per heavy atom. The van der Waals surface area contributed by atoms with Gasteiger partial charge in [-0.1, -0.05) is 0 Å². The number of rotatable bonds is 1. The van der Waals surface area contributed by atoms with Gasteiger partial charge in [-0.25, -0.2) is 9.97 Å². The first-order valence-corrected chi connectivity index (χ1v) is 3.83. The third-order valence-electron chi connectivity index (χ3n) is 1.68. The summed E-state index contributed by atoms with van der Waals surface area (Å²) < 4.78 is 1.66. The van der Waals surface area contributed by atoms with Gasteiger partial charge in [0.05, 0.1) is 5.69 Å². The monoisotopic (exact) mass is 170 g/mol. The average Bonchev–Trinajstić information content (AvgIpc) is 2.47. The fraction of sp³-hybridized carbons (Fsp3) is 0.125. The molecule has 0 saturated carbocycles. The molecule has 0 aliphatic carbocycles. The molecular weight excluding hydrogens is 163 g/mol. The summed E-state index contributed by atoms with van der Waals surface area (Å²) in [5.74, 6) is 0. The highest BCUT2D eigenvalue weighted by atomic mass is 15.3. The highest BCUT2D eigenvalue weighted by Gasteiger charge is 2.05. The van der Waals surface area contributed by atoms with Crippen molar-refractivity contribution in [1.82, 2.24) is 19.7 Å². The van der Waals surface area contributed by atoms with Gasteiger partial charge in [-0.05, 0) is 11.5 Å². The molecule has 2 rings (SSSR count). The Hall–Kier alpha value is -1.65. The molecule has 0 N–H and O–H groups in total. The van der Waals surface area contributed by atoms with E-state index in [1.807, 2.05) is 7.05 Å². The number of nitrogens with zero attached hydrogens (tertiary/aromatic N) is 4. The zero-order chi connectivity index (χ0) is 9.26. The lowest BCUT2D eigenvalue weighted by molar-refractivity contribution is 0.770. The lowest BCUT2D eigenvalue weighted by atomic mass is 9.96. The van der Waals surface area contributed by atoms with Gasteiger partial charge in [-0.15, -0.1) is 0 Å².